The number of ether oxygens (including phenoxy) is 3. The first-order valence-electron chi connectivity index (χ1n) is 9.23. The average molecular weight is 415 g/mol. The maximum atomic E-state index is 12.9. The van der Waals surface area contributed by atoms with Crippen LogP contribution in [0.2, 0.25) is 0 Å². The molecule has 0 aliphatic carbocycles. The SMILES string of the molecule is CCOC(=O)C(C#N)=c1sc(=CN(CC)c2ccc3c(c2)OCO3)c(=O)n1CC. The first-order chi connectivity index (χ1) is 14.0. The van der Waals surface area contributed by atoms with E-state index < -0.39 is 5.97 Å². The number of hydrogen-bond acceptors (Lipinski definition) is 8. The Morgan fingerprint density at radius 1 is 1.34 bits per heavy atom. The van der Waals surface area contributed by atoms with Crippen LogP contribution in [-0.2, 0) is 16.1 Å². The number of hydrogen-bond donors (Lipinski definition) is 0. The van der Waals surface area contributed by atoms with E-state index in [0.29, 0.717) is 33.8 Å². The van der Waals surface area contributed by atoms with Gasteiger partial charge in [-0.15, -0.1) is 11.3 Å². The van der Waals surface area contributed by atoms with Crippen molar-refractivity contribution >= 4 is 34.8 Å². The number of thiazole rings is 1. The van der Waals surface area contributed by atoms with E-state index in [0.717, 1.165) is 17.0 Å². The van der Waals surface area contributed by atoms with Crippen molar-refractivity contribution in [1.29, 1.82) is 5.26 Å². The molecule has 0 N–H and O–H groups in total. The smallest absolute Gasteiger partial charge is 0.351 e. The molecule has 152 valence electrons. The minimum atomic E-state index is -0.729. The topological polar surface area (TPSA) is 93.8 Å². The highest BCUT2D eigenvalue weighted by Crippen LogP contribution is 2.35. The summed E-state index contributed by atoms with van der Waals surface area (Å²) in [7, 11) is 0. The van der Waals surface area contributed by atoms with Crippen molar-refractivity contribution in [3.05, 3.63) is 37.7 Å². The molecule has 1 aliphatic rings. The largest absolute Gasteiger partial charge is 0.462 e. The summed E-state index contributed by atoms with van der Waals surface area (Å²) in [4.78, 5) is 26.9. The van der Waals surface area contributed by atoms with E-state index >= 15 is 0 Å². The van der Waals surface area contributed by atoms with E-state index in [-0.39, 0.29) is 24.5 Å². The number of carbonyl (C=O) groups is 1. The Bertz CT molecular complexity index is 1140. The molecule has 0 fully saturated rings. The fourth-order valence-corrected chi connectivity index (χ4v) is 4.06. The minimum Gasteiger partial charge on any atom is -0.462 e. The molecule has 1 aromatic carbocycles. The third kappa shape index (κ3) is 3.98. The van der Waals surface area contributed by atoms with Crippen molar-refractivity contribution in [3.63, 3.8) is 0 Å². The van der Waals surface area contributed by atoms with Crippen molar-refractivity contribution in [2.24, 2.45) is 0 Å². The van der Waals surface area contributed by atoms with E-state index in [1.807, 2.05) is 36.1 Å². The van der Waals surface area contributed by atoms with E-state index in [4.69, 9.17) is 14.2 Å². The van der Waals surface area contributed by atoms with Gasteiger partial charge in [0.25, 0.3) is 5.56 Å². The molecule has 0 bridgehead atoms. The molecule has 2 heterocycles. The maximum absolute atomic E-state index is 12.9. The summed E-state index contributed by atoms with van der Waals surface area (Å²) in [6.07, 6.45) is 1.72. The molecule has 0 spiro atoms. The van der Waals surface area contributed by atoms with Crippen LogP contribution >= 0.6 is 11.3 Å². The highest BCUT2D eigenvalue weighted by atomic mass is 32.1. The molecule has 1 aliphatic heterocycles. The number of benzene rings is 1. The van der Waals surface area contributed by atoms with Crippen molar-refractivity contribution < 1.29 is 19.0 Å². The monoisotopic (exact) mass is 415 g/mol. The maximum Gasteiger partial charge on any atom is 0.351 e. The second-order valence-electron chi connectivity index (χ2n) is 5.98. The van der Waals surface area contributed by atoms with E-state index in [2.05, 4.69) is 0 Å². The van der Waals surface area contributed by atoms with Gasteiger partial charge in [0.05, 0.1) is 6.61 Å². The second kappa shape index (κ2) is 8.84. The average Bonchev–Trinajstić information content (AvgIpc) is 3.30. The normalized spacial score (nSPS) is 13.8. The molecule has 0 atom stereocenters. The fraction of sp³-hybridized carbons (Fsp3) is 0.350. The third-order valence-corrected chi connectivity index (χ3v) is 5.45. The highest BCUT2D eigenvalue weighted by Gasteiger charge is 2.18. The molecule has 0 amide bonds. The number of nitriles is 1. The molecule has 0 radical (unpaired) electrons. The Morgan fingerprint density at radius 3 is 2.76 bits per heavy atom. The quantitative estimate of drug-likeness (QED) is 0.654. The zero-order valence-electron chi connectivity index (χ0n) is 16.4. The van der Waals surface area contributed by atoms with E-state index in [1.54, 1.807) is 20.0 Å². The lowest BCUT2D eigenvalue weighted by Crippen LogP contribution is -2.33. The Morgan fingerprint density at radius 2 is 2.10 bits per heavy atom. The molecule has 1 aromatic heterocycles. The zero-order valence-corrected chi connectivity index (χ0v) is 17.2. The minimum absolute atomic E-state index is 0.151. The lowest BCUT2D eigenvalue weighted by Gasteiger charge is -2.18. The second-order valence-corrected chi connectivity index (χ2v) is 7.01. The number of carbonyl (C=O) groups excluding carboxylic acids is 1. The van der Waals surface area contributed by atoms with E-state index in [1.165, 1.54) is 4.57 Å². The molecular weight excluding hydrogens is 394 g/mol. The van der Waals surface area contributed by atoms with Gasteiger partial charge in [-0.2, -0.15) is 5.26 Å². The van der Waals surface area contributed by atoms with Crippen LogP contribution in [0.5, 0.6) is 11.5 Å². The van der Waals surface area contributed by atoms with Crippen molar-refractivity contribution in [1.82, 2.24) is 4.57 Å². The van der Waals surface area contributed by atoms with Gasteiger partial charge in [-0.05, 0) is 32.9 Å². The van der Waals surface area contributed by atoms with Crippen LogP contribution in [-0.4, -0.2) is 30.5 Å². The molecule has 9 heteroatoms. The van der Waals surface area contributed by atoms with Gasteiger partial charge >= 0.3 is 5.97 Å². The number of esters is 1. The van der Waals surface area contributed by atoms with Gasteiger partial charge in [-0.1, -0.05) is 0 Å². The summed E-state index contributed by atoms with van der Waals surface area (Å²) in [6.45, 7) is 6.68. The summed E-state index contributed by atoms with van der Waals surface area (Å²) in [5, 5.41) is 9.45. The van der Waals surface area contributed by atoms with Crippen LogP contribution in [0, 0.1) is 11.3 Å². The van der Waals surface area contributed by atoms with Gasteiger partial charge in [-0.3, -0.25) is 9.36 Å². The van der Waals surface area contributed by atoms with Gasteiger partial charge in [-0.25, -0.2) is 4.79 Å². The van der Waals surface area contributed by atoms with Crippen LogP contribution < -0.4 is 29.1 Å². The van der Waals surface area contributed by atoms with Gasteiger partial charge in [0.2, 0.25) is 6.79 Å². The predicted octanol–water partition coefficient (Wildman–Crippen LogP) is 1.16. The van der Waals surface area contributed by atoms with Crippen molar-refractivity contribution in [2.75, 3.05) is 24.8 Å². The lowest BCUT2D eigenvalue weighted by molar-refractivity contribution is -0.136. The Balaban J connectivity index is 2.14. The third-order valence-electron chi connectivity index (χ3n) is 4.33. The molecule has 0 saturated heterocycles. The molecule has 0 unspecified atom stereocenters. The van der Waals surface area contributed by atoms with E-state index in [9.17, 15) is 14.9 Å². The molecule has 29 heavy (non-hydrogen) atoms. The van der Waals surface area contributed by atoms with Crippen LogP contribution in [0.4, 0.5) is 5.69 Å². The summed E-state index contributed by atoms with van der Waals surface area (Å²) < 4.78 is 17.9. The zero-order chi connectivity index (χ0) is 21.0. The van der Waals surface area contributed by atoms with Crippen LogP contribution in [0.25, 0.3) is 11.8 Å². The Labute approximate surface area is 171 Å². The molecule has 0 saturated carbocycles. The number of anilines is 1. The molecular formula is C20H21N3O5S. The van der Waals surface area contributed by atoms with Crippen molar-refractivity contribution in [3.8, 4) is 17.6 Å². The van der Waals surface area contributed by atoms with Gasteiger partial charge in [0.15, 0.2) is 17.1 Å². The standard InChI is InChI=1S/C20H21N3O5S/c1-4-22(13-7-8-15-16(9-13)28-12-27-15)11-17-18(24)23(5-2)19(29-17)14(10-21)20(25)26-6-3/h7-9,11H,4-6,12H2,1-3H3. The van der Waals surface area contributed by atoms with Crippen LogP contribution in [0.3, 0.4) is 0 Å². The first kappa shape index (κ1) is 20.5. The van der Waals surface area contributed by atoms with Crippen LogP contribution in [0.1, 0.15) is 20.8 Å². The van der Waals surface area contributed by atoms with Gasteiger partial charge < -0.3 is 19.1 Å². The Kier molecular flexibility index (Phi) is 6.24. The first-order valence-corrected chi connectivity index (χ1v) is 10.0. The fourth-order valence-electron chi connectivity index (χ4n) is 2.92. The number of fused-ring (bicyclic) bond motifs is 1. The van der Waals surface area contributed by atoms with Gasteiger partial charge in [0.1, 0.15) is 15.3 Å². The number of aromatic nitrogens is 1. The van der Waals surface area contributed by atoms with Crippen LogP contribution in [0.15, 0.2) is 23.0 Å². The highest BCUT2D eigenvalue weighted by molar-refractivity contribution is 7.07. The molecule has 2 aromatic rings. The lowest BCUT2D eigenvalue weighted by atomic mass is 10.2. The summed E-state index contributed by atoms with van der Waals surface area (Å²) in [5.41, 5.74) is 0.411. The molecule has 8 nitrogen and oxygen atoms in total. The summed E-state index contributed by atoms with van der Waals surface area (Å²) >= 11 is 1.10. The predicted molar refractivity (Wildman–Crippen MR) is 109 cm³/mol. The Hall–Kier alpha value is -3.25. The van der Waals surface area contributed by atoms with Crippen molar-refractivity contribution in [2.45, 2.75) is 27.3 Å². The molecule has 3 rings (SSSR count). The summed E-state index contributed by atoms with van der Waals surface area (Å²) in [6, 6.07) is 7.43. The van der Waals surface area contributed by atoms with Gasteiger partial charge in [0, 0.05) is 31.0 Å². The number of nitrogens with zero attached hydrogens (tertiary/aromatic N) is 3. The number of rotatable bonds is 6. The summed E-state index contributed by atoms with van der Waals surface area (Å²) in [5.74, 6) is 0.599.